The van der Waals surface area contributed by atoms with Crippen molar-refractivity contribution >= 4 is 21.6 Å². The second kappa shape index (κ2) is 9.49. The number of likely N-dealkylation sites (N-methyl/N-ethyl adjacent to an activating group) is 1. The summed E-state index contributed by atoms with van der Waals surface area (Å²) in [5, 5.41) is 0. The van der Waals surface area contributed by atoms with Gasteiger partial charge in [0, 0.05) is 32.7 Å². The number of aryl methyl sites for hydroxylation is 1. The number of hydrogen-bond acceptors (Lipinski definition) is 5. The smallest absolute Gasteiger partial charge is 0.264 e. The molecule has 1 aliphatic rings. The summed E-state index contributed by atoms with van der Waals surface area (Å²) >= 11 is 0. The molecule has 1 amide bonds. The molecule has 0 aromatic heterocycles. The molecule has 0 atom stereocenters. The zero-order valence-corrected chi connectivity index (χ0v) is 18.6. The highest BCUT2D eigenvalue weighted by atomic mass is 32.2. The van der Waals surface area contributed by atoms with E-state index in [-0.39, 0.29) is 17.4 Å². The summed E-state index contributed by atoms with van der Waals surface area (Å²) in [6, 6.07) is 13.6. The summed E-state index contributed by atoms with van der Waals surface area (Å²) < 4.78 is 33.0. The number of amides is 1. The van der Waals surface area contributed by atoms with Crippen LogP contribution in [0.15, 0.2) is 53.4 Å². The van der Waals surface area contributed by atoms with Gasteiger partial charge in [-0.1, -0.05) is 17.7 Å². The van der Waals surface area contributed by atoms with Crippen LogP contribution in [0.5, 0.6) is 5.75 Å². The van der Waals surface area contributed by atoms with Crippen molar-refractivity contribution in [3.63, 3.8) is 0 Å². The fraction of sp³-hybridized carbons (Fsp3) is 0.409. The van der Waals surface area contributed by atoms with Crippen LogP contribution in [-0.2, 0) is 14.8 Å². The van der Waals surface area contributed by atoms with Crippen LogP contribution in [0.1, 0.15) is 12.5 Å². The third kappa shape index (κ3) is 5.12. The highest BCUT2D eigenvalue weighted by Gasteiger charge is 2.24. The van der Waals surface area contributed by atoms with Gasteiger partial charge in [-0.2, -0.15) is 0 Å². The molecule has 8 heteroatoms. The maximum Gasteiger partial charge on any atom is 0.264 e. The van der Waals surface area contributed by atoms with Gasteiger partial charge in [0.2, 0.25) is 0 Å². The second-order valence-electron chi connectivity index (χ2n) is 7.45. The predicted molar refractivity (Wildman–Crippen MR) is 117 cm³/mol. The van der Waals surface area contributed by atoms with E-state index in [4.69, 9.17) is 4.74 Å². The standard InChI is InChI=1S/C22H29N3O4S/c1-4-25(30(27,28)21-11-5-18(2)6-12-21)19-7-9-20(10-8-19)29-17-22(26)24-15-13-23(3)14-16-24/h5-12H,4,13-17H2,1-3H3. The monoisotopic (exact) mass is 431 g/mol. The van der Waals surface area contributed by atoms with Gasteiger partial charge >= 0.3 is 0 Å². The summed E-state index contributed by atoms with van der Waals surface area (Å²) in [5.41, 5.74) is 1.56. The number of piperazine rings is 1. The van der Waals surface area contributed by atoms with E-state index in [0.717, 1.165) is 18.7 Å². The largest absolute Gasteiger partial charge is 0.484 e. The first-order chi connectivity index (χ1) is 14.3. The van der Waals surface area contributed by atoms with Crippen LogP contribution < -0.4 is 9.04 Å². The van der Waals surface area contributed by atoms with Crippen molar-refractivity contribution in [3.8, 4) is 5.75 Å². The Labute approximate surface area is 178 Å². The van der Waals surface area contributed by atoms with Crippen molar-refractivity contribution in [1.29, 1.82) is 0 Å². The van der Waals surface area contributed by atoms with Crippen molar-refractivity contribution in [2.45, 2.75) is 18.7 Å². The molecule has 2 aromatic carbocycles. The van der Waals surface area contributed by atoms with Gasteiger partial charge in [-0.05, 0) is 57.3 Å². The van der Waals surface area contributed by atoms with Gasteiger partial charge in [-0.15, -0.1) is 0 Å². The van der Waals surface area contributed by atoms with Crippen LogP contribution in [0.2, 0.25) is 0 Å². The van der Waals surface area contributed by atoms with Crippen LogP contribution in [0.25, 0.3) is 0 Å². The fourth-order valence-corrected chi connectivity index (χ4v) is 4.80. The first-order valence-corrected chi connectivity index (χ1v) is 11.5. The van der Waals surface area contributed by atoms with Gasteiger partial charge in [-0.3, -0.25) is 9.10 Å². The molecule has 7 nitrogen and oxygen atoms in total. The first kappa shape index (κ1) is 22.1. The SMILES string of the molecule is CCN(c1ccc(OCC(=O)N2CCN(C)CC2)cc1)S(=O)(=O)c1ccc(C)cc1. The number of carbonyl (C=O) groups excluding carboxylic acids is 1. The molecular weight excluding hydrogens is 402 g/mol. The molecule has 1 saturated heterocycles. The summed E-state index contributed by atoms with van der Waals surface area (Å²) in [6.07, 6.45) is 0. The number of benzene rings is 2. The molecule has 0 unspecified atom stereocenters. The van der Waals surface area contributed by atoms with Gasteiger partial charge in [0.15, 0.2) is 6.61 Å². The lowest BCUT2D eigenvalue weighted by Crippen LogP contribution is -2.48. The number of hydrogen-bond donors (Lipinski definition) is 0. The van der Waals surface area contributed by atoms with Crippen molar-refractivity contribution < 1.29 is 17.9 Å². The number of anilines is 1. The molecule has 1 aliphatic heterocycles. The molecule has 0 aliphatic carbocycles. The highest BCUT2D eigenvalue weighted by molar-refractivity contribution is 7.92. The maximum atomic E-state index is 13.0. The van der Waals surface area contributed by atoms with Gasteiger partial charge in [0.05, 0.1) is 10.6 Å². The highest BCUT2D eigenvalue weighted by Crippen LogP contribution is 2.26. The fourth-order valence-electron chi connectivity index (χ4n) is 3.33. The molecule has 0 N–H and O–H groups in total. The third-order valence-corrected chi connectivity index (χ3v) is 7.16. The van der Waals surface area contributed by atoms with Crippen LogP contribution in [-0.4, -0.2) is 70.5 Å². The minimum absolute atomic E-state index is 0.0256. The predicted octanol–water partition coefficient (Wildman–Crippen LogP) is 2.36. The zero-order valence-electron chi connectivity index (χ0n) is 17.7. The molecule has 2 aromatic rings. The lowest BCUT2D eigenvalue weighted by molar-refractivity contribution is -0.134. The van der Waals surface area contributed by atoms with Crippen molar-refractivity contribution in [2.75, 3.05) is 50.7 Å². The average Bonchev–Trinajstić information content (AvgIpc) is 2.74. The Bertz CT molecular complexity index is 951. The normalized spacial score (nSPS) is 15.1. The molecule has 1 fully saturated rings. The van der Waals surface area contributed by atoms with Gasteiger partial charge in [0.1, 0.15) is 5.75 Å². The van der Waals surface area contributed by atoms with Gasteiger partial charge in [0.25, 0.3) is 15.9 Å². The minimum atomic E-state index is -3.65. The van der Waals surface area contributed by atoms with Gasteiger partial charge < -0.3 is 14.5 Å². The second-order valence-corrected chi connectivity index (χ2v) is 9.31. The van der Waals surface area contributed by atoms with E-state index in [1.165, 1.54) is 4.31 Å². The van der Waals surface area contributed by atoms with Crippen molar-refractivity contribution in [1.82, 2.24) is 9.80 Å². The molecule has 0 bridgehead atoms. The summed E-state index contributed by atoms with van der Waals surface area (Å²) in [4.78, 5) is 16.6. The Morgan fingerprint density at radius 3 is 2.17 bits per heavy atom. The lowest BCUT2D eigenvalue weighted by Gasteiger charge is -2.32. The topological polar surface area (TPSA) is 70.2 Å². The van der Waals surface area contributed by atoms with E-state index < -0.39 is 10.0 Å². The molecule has 0 radical (unpaired) electrons. The Balaban J connectivity index is 1.65. The van der Waals surface area contributed by atoms with Crippen LogP contribution in [0.4, 0.5) is 5.69 Å². The summed E-state index contributed by atoms with van der Waals surface area (Å²) in [5.74, 6) is 0.495. The summed E-state index contributed by atoms with van der Waals surface area (Å²) in [7, 11) is -1.61. The Hall–Kier alpha value is -2.58. The zero-order chi connectivity index (χ0) is 21.7. The molecular formula is C22H29N3O4S. The quantitative estimate of drug-likeness (QED) is 0.673. The number of rotatable bonds is 7. The number of carbonyl (C=O) groups is 1. The Morgan fingerprint density at radius 1 is 1.00 bits per heavy atom. The molecule has 162 valence electrons. The van der Waals surface area contributed by atoms with E-state index in [0.29, 0.717) is 31.1 Å². The maximum absolute atomic E-state index is 13.0. The molecule has 30 heavy (non-hydrogen) atoms. The third-order valence-electron chi connectivity index (χ3n) is 5.24. The van der Waals surface area contributed by atoms with E-state index >= 15 is 0 Å². The summed E-state index contributed by atoms with van der Waals surface area (Å²) in [6.45, 7) is 7.14. The van der Waals surface area contributed by atoms with E-state index in [9.17, 15) is 13.2 Å². The minimum Gasteiger partial charge on any atom is -0.484 e. The first-order valence-electron chi connectivity index (χ1n) is 10.1. The Morgan fingerprint density at radius 2 is 1.60 bits per heavy atom. The average molecular weight is 432 g/mol. The van der Waals surface area contributed by atoms with E-state index in [2.05, 4.69) is 4.90 Å². The number of sulfonamides is 1. The van der Waals surface area contributed by atoms with E-state index in [1.54, 1.807) is 60.4 Å². The number of ether oxygens (including phenoxy) is 1. The van der Waals surface area contributed by atoms with Crippen molar-refractivity contribution in [3.05, 3.63) is 54.1 Å². The lowest BCUT2D eigenvalue weighted by atomic mass is 10.2. The van der Waals surface area contributed by atoms with Gasteiger partial charge in [-0.25, -0.2) is 8.42 Å². The molecule has 3 rings (SSSR count). The molecule has 0 spiro atoms. The molecule has 1 heterocycles. The van der Waals surface area contributed by atoms with Crippen LogP contribution in [0, 0.1) is 6.92 Å². The number of nitrogens with zero attached hydrogens (tertiary/aromatic N) is 3. The van der Waals surface area contributed by atoms with Crippen LogP contribution >= 0.6 is 0 Å². The Kier molecular flexibility index (Phi) is 6.99. The van der Waals surface area contributed by atoms with E-state index in [1.807, 2.05) is 14.0 Å². The van der Waals surface area contributed by atoms with Crippen molar-refractivity contribution in [2.24, 2.45) is 0 Å². The van der Waals surface area contributed by atoms with Crippen LogP contribution in [0.3, 0.4) is 0 Å². The molecule has 0 saturated carbocycles.